The maximum Gasteiger partial charge on any atom is 0.134 e. The van der Waals surface area contributed by atoms with E-state index in [1.54, 1.807) is 0 Å². The lowest BCUT2D eigenvalue weighted by molar-refractivity contribution is 0.781. The Kier molecular flexibility index (Phi) is 8.02. The minimum atomic E-state index is -0.0336. The van der Waals surface area contributed by atoms with Crippen LogP contribution in [0.3, 0.4) is 0 Å². The highest BCUT2D eigenvalue weighted by Gasteiger charge is 2.21. The van der Waals surface area contributed by atoms with Gasteiger partial charge in [0.05, 0.1) is 11.7 Å². The molecule has 0 saturated carbocycles. The van der Waals surface area contributed by atoms with Crippen LogP contribution in [0.2, 0.25) is 0 Å². The van der Waals surface area contributed by atoms with Crippen LogP contribution in [-0.2, 0) is 0 Å². The molecular weight excluding hydrogens is 631 g/mol. The number of rotatable bonds is 6. The van der Waals surface area contributed by atoms with E-state index in [1.807, 2.05) is 6.92 Å². The number of fused-ring (bicyclic) bond motifs is 3. The van der Waals surface area contributed by atoms with Gasteiger partial charge in [0.25, 0.3) is 0 Å². The van der Waals surface area contributed by atoms with Gasteiger partial charge in [-0.05, 0) is 111 Å². The molecule has 0 aliphatic carbocycles. The van der Waals surface area contributed by atoms with Gasteiger partial charge in [0, 0.05) is 22.5 Å². The summed E-state index contributed by atoms with van der Waals surface area (Å²) in [7, 11) is 0. The third-order valence-corrected chi connectivity index (χ3v) is 10.1. The van der Waals surface area contributed by atoms with Crippen molar-refractivity contribution in [3.05, 3.63) is 204 Å². The molecule has 0 saturated heterocycles. The number of aromatic nitrogens is 1. The Morgan fingerprint density at radius 1 is 0.462 bits per heavy atom. The third-order valence-electron chi connectivity index (χ3n) is 10.1. The average molecular weight is 668 g/mol. The summed E-state index contributed by atoms with van der Waals surface area (Å²) < 4.78 is 0. The zero-order valence-electron chi connectivity index (χ0n) is 29.2. The molecule has 1 atom stereocenters. The van der Waals surface area contributed by atoms with Crippen LogP contribution in [0, 0.1) is 13.8 Å². The molecule has 52 heavy (non-hydrogen) atoms. The van der Waals surface area contributed by atoms with Crippen molar-refractivity contribution >= 4 is 33.1 Å². The molecule has 1 N–H and O–H groups in total. The summed E-state index contributed by atoms with van der Waals surface area (Å²) in [5.74, 6) is 0.850. The lowest BCUT2D eigenvalue weighted by Crippen LogP contribution is -2.31. The van der Waals surface area contributed by atoms with Gasteiger partial charge in [0.1, 0.15) is 5.84 Å². The van der Waals surface area contributed by atoms with Crippen LogP contribution in [0.1, 0.15) is 34.1 Å². The van der Waals surface area contributed by atoms with Gasteiger partial charge in [0.2, 0.25) is 0 Å². The Morgan fingerprint density at radius 2 is 1.08 bits per heavy atom. The van der Waals surface area contributed by atoms with Crippen LogP contribution in [0.15, 0.2) is 181 Å². The number of hydrogen-bond acceptors (Lipinski definition) is 3. The standard InChI is InChI=1S/C49H37N3/c1-32-17-26-44(33(2)50-32)36-20-18-34(19-21-36)41-27-42(40-25-24-37-23-22-35-11-9-10-16-45(35)46(37)30-40)29-43(28-41)49-51-47(38-12-5-3-6-13-38)31-48(52-49)39-14-7-4-8-15-39/h3-31,47H,1-2H3,(H,51,52). The molecule has 0 amide bonds. The monoisotopic (exact) mass is 667 g/mol. The summed E-state index contributed by atoms with van der Waals surface area (Å²) in [4.78, 5) is 10.00. The molecule has 3 heteroatoms. The predicted octanol–water partition coefficient (Wildman–Crippen LogP) is 12.1. The average Bonchev–Trinajstić information content (AvgIpc) is 3.21. The maximum absolute atomic E-state index is 5.29. The van der Waals surface area contributed by atoms with E-state index in [-0.39, 0.29) is 6.04 Å². The summed E-state index contributed by atoms with van der Waals surface area (Å²) >= 11 is 0. The number of nitrogens with one attached hydrogen (secondary N) is 1. The fourth-order valence-electron chi connectivity index (χ4n) is 7.41. The maximum atomic E-state index is 5.29. The number of aliphatic imine (C=N–C) groups is 1. The number of benzene rings is 7. The second kappa shape index (κ2) is 13.3. The van der Waals surface area contributed by atoms with Crippen LogP contribution in [0.25, 0.3) is 60.6 Å². The summed E-state index contributed by atoms with van der Waals surface area (Å²) in [6, 6.07) is 60.9. The van der Waals surface area contributed by atoms with Gasteiger partial charge in [-0.1, -0.05) is 140 Å². The molecule has 0 fully saturated rings. The lowest BCUT2D eigenvalue weighted by atomic mass is 9.92. The molecule has 248 valence electrons. The third kappa shape index (κ3) is 6.07. The lowest BCUT2D eigenvalue weighted by Gasteiger charge is -2.25. The van der Waals surface area contributed by atoms with Crippen LogP contribution >= 0.6 is 0 Å². The minimum Gasteiger partial charge on any atom is -0.359 e. The first kappa shape index (κ1) is 31.4. The Bertz CT molecular complexity index is 2650. The zero-order valence-corrected chi connectivity index (χ0v) is 29.2. The van der Waals surface area contributed by atoms with E-state index in [0.29, 0.717) is 0 Å². The van der Waals surface area contributed by atoms with Crippen molar-refractivity contribution in [2.75, 3.05) is 0 Å². The van der Waals surface area contributed by atoms with Crippen molar-refractivity contribution in [2.45, 2.75) is 19.9 Å². The predicted molar refractivity (Wildman–Crippen MR) is 218 cm³/mol. The van der Waals surface area contributed by atoms with E-state index in [4.69, 9.17) is 9.98 Å². The van der Waals surface area contributed by atoms with Gasteiger partial charge in [0.15, 0.2) is 0 Å². The molecular formula is C49H37N3. The number of hydrogen-bond donors (Lipinski definition) is 1. The summed E-state index contributed by atoms with van der Waals surface area (Å²) in [5, 5.41) is 8.79. The van der Waals surface area contributed by atoms with E-state index in [2.05, 4.69) is 188 Å². The van der Waals surface area contributed by atoms with Crippen molar-refractivity contribution in [3.8, 4) is 33.4 Å². The van der Waals surface area contributed by atoms with Gasteiger partial charge < -0.3 is 5.32 Å². The summed E-state index contributed by atoms with van der Waals surface area (Å²) in [5.41, 5.74) is 13.2. The molecule has 0 radical (unpaired) electrons. The Morgan fingerprint density at radius 3 is 1.85 bits per heavy atom. The minimum absolute atomic E-state index is 0.0336. The Balaban J connectivity index is 1.21. The number of nitrogens with zero attached hydrogens (tertiary/aromatic N) is 2. The number of amidine groups is 1. The van der Waals surface area contributed by atoms with E-state index < -0.39 is 0 Å². The van der Waals surface area contributed by atoms with Crippen molar-refractivity contribution in [1.29, 1.82) is 0 Å². The molecule has 7 aromatic carbocycles. The highest BCUT2D eigenvalue weighted by molar-refractivity contribution is 6.09. The molecule has 1 aliphatic rings. The van der Waals surface area contributed by atoms with Crippen molar-refractivity contribution in [3.63, 3.8) is 0 Å². The second-order valence-corrected chi connectivity index (χ2v) is 13.6. The van der Waals surface area contributed by atoms with Gasteiger partial charge in [-0.3, -0.25) is 4.98 Å². The van der Waals surface area contributed by atoms with E-state index >= 15 is 0 Å². The molecule has 8 aromatic rings. The summed E-state index contributed by atoms with van der Waals surface area (Å²) in [6.07, 6.45) is 2.23. The van der Waals surface area contributed by atoms with Gasteiger partial charge in [-0.15, -0.1) is 0 Å². The number of aryl methyl sites for hydroxylation is 2. The first-order chi connectivity index (χ1) is 25.6. The van der Waals surface area contributed by atoms with Crippen molar-refractivity contribution in [1.82, 2.24) is 10.3 Å². The van der Waals surface area contributed by atoms with Crippen LogP contribution in [0.5, 0.6) is 0 Å². The first-order valence-corrected chi connectivity index (χ1v) is 17.9. The SMILES string of the molecule is Cc1ccc(-c2ccc(-c3cc(C4=NC(c5ccccc5)=CC(c5ccccc5)N4)cc(-c4ccc5ccc6ccccc6c5c4)c3)cc2)c(C)n1. The molecule has 1 unspecified atom stereocenters. The quantitative estimate of drug-likeness (QED) is 0.179. The fourth-order valence-corrected chi connectivity index (χ4v) is 7.41. The van der Waals surface area contributed by atoms with Gasteiger partial charge >= 0.3 is 0 Å². The van der Waals surface area contributed by atoms with Gasteiger partial charge in [-0.2, -0.15) is 0 Å². The molecule has 3 nitrogen and oxygen atoms in total. The molecule has 1 aliphatic heterocycles. The van der Waals surface area contributed by atoms with Crippen molar-refractivity contribution < 1.29 is 0 Å². The Hall–Kier alpha value is -6.58. The topological polar surface area (TPSA) is 37.3 Å². The molecule has 2 heterocycles. The highest BCUT2D eigenvalue weighted by atomic mass is 15.0. The largest absolute Gasteiger partial charge is 0.359 e. The van der Waals surface area contributed by atoms with E-state index in [0.717, 1.165) is 61.9 Å². The zero-order chi connectivity index (χ0) is 35.0. The van der Waals surface area contributed by atoms with E-state index in [1.165, 1.54) is 32.7 Å². The smallest absolute Gasteiger partial charge is 0.134 e. The van der Waals surface area contributed by atoms with E-state index in [9.17, 15) is 0 Å². The Labute approximate surface area is 304 Å². The molecule has 0 bridgehead atoms. The van der Waals surface area contributed by atoms with Crippen molar-refractivity contribution in [2.24, 2.45) is 4.99 Å². The van der Waals surface area contributed by atoms with Crippen LogP contribution in [0.4, 0.5) is 0 Å². The first-order valence-electron chi connectivity index (χ1n) is 17.9. The fraction of sp³-hybridized carbons (Fsp3) is 0.0612. The van der Waals surface area contributed by atoms with Gasteiger partial charge in [-0.25, -0.2) is 4.99 Å². The van der Waals surface area contributed by atoms with Crippen LogP contribution < -0.4 is 5.32 Å². The highest BCUT2D eigenvalue weighted by Crippen LogP contribution is 2.35. The second-order valence-electron chi connectivity index (χ2n) is 13.6. The summed E-state index contributed by atoms with van der Waals surface area (Å²) in [6.45, 7) is 4.12. The molecule has 1 aromatic heterocycles. The molecule has 0 spiro atoms. The van der Waals surface area contributed by atoms with Crippen LogP contribution in [-0.4, -0.2) is 10.8 Å². The number of pyridine rings is 1. The normalized spacial score (nSPS) is 14.2. The molecule has 9 rings (SSSR count).